The van der Waals surface area contributed by atoms with E-state index in [0.29, 0.717) is 33.1 Å². The minimum absolute atomic E-state index is 0.0596. The molecule has 33 heavy (non-hydrogen) atoms. The van der Waals surface area contributed by atoms with Crippen molar-refractivity contribution in [3.8, 4) is 5.75 Å². The molecule has 1 aliphatic rings. The Bertz CT molecular complexity index is 1290. The highest BCUT2D eigenvalue weighted by atomic mass is 35.5. The van der Waals surface area contributed by atoms with Crippen molar-refractivity contribution in [1.29, 1.82) is 0 Å². The maximum absolute atomic E-state index is 13.7. The van der Waals surface area contributed by atoms with E-state index in [1.54, 1.807) is 61.5 Å². The Hall–Kier alpha value is -3.97. The van der Waals surface area contributed by atoms with Crippen molar-refractivity contribution in [2.75, 3.05) is 4.90 Å². The molecule has 3 aromatic carbocycles. The lowest BCUT2D eigenvalue weighted by atomic mass is 10.1. The summed E-state index contributed by atoms with van der Waals surface area (Å²) in [5, 5.41) is 2.54. The van der Waals surface area contributed by atoms with Gasteiger partial charge >= 0.3 is 6.03 Å². The Morgan fingerprint density at radius 3 is 2.48 bits per heavy atom. The topological polar surface area (TPSA) is 75.7 Å². The number of imide groups is 2. The van der Waals surface area contributed by atoms with Crippen LogP contribution in [0, 0.1) is 12.7 Å². The molecule has 0 atom stereocenters. The van der Waals surface area contributed by atoms with Gasteiger partial charge in [-0.05, 0) is 54.5 Å². The van der Waals surface area contributed by atoms with Crippen LogP contribution < -0.4 is 15.0 Å². The molecule has 4 amide bonds. The third-order valence-electron chi connectivity index (χ3n) is 5.06. The number of nitrogens with one attached hydrogen (secondary N) is 1. The van der Waals surface area contributed by atoms with Gasteiger partial charge in [0.15, 0.2) is 0 Å². The lowest BCUT2D eigenvalue weighted by Crippen LogP contribution is -2.54. The van der Waals surface area contributed by atoms with E-state index in [-0.39, 0.29) is 18.0 Å². The first-order chi connectivity index (χ1) is 15.8. The second-order valence-corrected chi connectivity index (χ2v) is 7.77. The molecular weight excluding hydrogens is 447 g/mol. The molecule has 3 aromatic rings. The lowest BCUT2D eigenvalue weighted by Gasteiger charge is -2.27. The van der Waals surface area contributed by atoms with E-state index in [1.807, 2.05) is 0 Å². The summed E-state index contributed by atoms with van der Waals surface area (Å²) in [5.74, 6) is -1.41. The maximum atomic E-state index is 13.7. The molecule has 1 N–H and O–H groups in total. The summed E-state index contributed by atoms with van der Waals surface area (Å²) in [6.45, 7) is 1.79. The molecule has 0 saturated carbocycles. The Labute approximate surface area is 194 Å². The van der Waals surface area contributed by atoms with Crippen molar-refractivity contribution in [3.63, 3.8) is 0 Å². The molecule has 1 fully saturated rings. The first kappa shape index (κ1) is 22.2. The Morgan fingerprint density at radius 1 is 1.03 bits per heavy atom. The summed E-state index contributed by atoms with van der Waals surface area (Å²) in [7, 11) is 0. The van der Waals surface area contributed by atoms with Crippen LogP contribution in [0.4, 0.5) is 14.9 Å². The van der Waals surface area contributed by atoms with Crippen LogP contribution in [0.1, 0.15) is 16.7 Å². The number of ether oxygens (including phenoxy) is 1. The molecule has 1 aliphatic heterocycles. The first-order valence-corrected chi connectivity index (χ1v) is 10.3. The van der Waals surface area contributed by atoms with Gasteiger partial charge in [-0.2, -0.15) is 0 Å². The summed E-state index contributed by atoms with van der Waals surface area (Å²) < 4.78 is 19.3. The molecule has 0 aromatic heterocycles. The molecule has 6 nitrogen and oxygen atoms in total. The van der Waals surface area contributed by atoms with E-state index in [0.717, 1.165) is 4.90 Å². The zero-order chi connectivity index (χ0) is 23.5. The summed E-state index contributed by atoms with van der Waals surface area (Å²) in [4.78, 5) is 38.7. The van der Waals surface area contributed by atoms with Crippen LogP contribution in [0.3, 0.4) is 0 Å². The molecule has 4 rings (SSSR count). The van der Waals surface area contributed by atoms with Crippen molar-refractivity contribution in [2.45, 2.75) is 13.5 Å². The highest BCUT2D eigenvalue weighted by Crippen LogP contribution is 2.28. The number of hydrogen-bond donors (Lipinski definition) is 1. The number of hydrogen-bond acceptors (Lipinski definition) is 4. The third kappa shape index (κ3) is 4.78. The molecule has 0 aliphatic carbocycles. The Balaban J connectivity index is 1.55. The number of aryl methyl sites for hydroxylation is 1. The third-order valence-corrected chi connectivity index (χ3v) is 5.29. The van der Waals surface area contributed by atoms with Gasteiger partial charge in [-0.25, -0.2) is 14.1 Å². The summed E-state index contributed by atoms with van der Waals surface area (Å²) in [6.07, 6.45) is 1.39. The van der Waals surface area contributed by atoms with E-state index in [4.69, 9.17) is 16.3 Å². The molecule has 1 saturated heterocycles. The zero-order valence-corrected chi connectivity index (χ0v) is 18.2. The predicted octanol–water partition coefficient (Wildman–Crippen LogP) is 5.03. The standard InChI is InChI=1S/C25H18ClFN2O4/c1-15-6-9-18(26)13-22(15)29-24(31)20(23(30)28-25(29)32)12-16-7-10-19(11-8-16)33-14-17-4-2-3-5-21(17)27/h2-13H,14H2,1H3,(H,28,30,32)/b20-12+. The van der Waals surface area contributed by atoms with Crippen molar-refractivity contribution >= 4 is 41.2 Å². The fraction of sp³-hybridized carbons (Fsp3) is 0.0800. The van der Waals surface area contributed by atoms with Crippen LogP contribution in [0.2, 0.25) is 5.02 Å². The van der Waals surface area contributed by atoms with Crippen molar-refractivity contribution in [3.05, 3.63) is 99.8 Å². The van der Waals surface area contributed by atoms with Gasteiger partial charge in [0.1, 0.15) is 23.7 Å². The number of nitrogens with zero attached hydrogens (tertiary/aromatic N) is 1. The number of barbiturate groups is 1. The van der Waals surface area contributed by atoms with Crippen molar-refractivity contribution in [2.24, 2.45) is 0 Å². The molecule has 0 bridgehead atoms. The van der Waals surface area contributed by atoms with Crippen molar-refractivity contribution in [1.82, 2.24) is 5.32 Å². The first-order valence-electron chi connectivity index (χ1n) is 9.97. The number of carbonyl (C=O) groups excluding carboxylic acids is 3. The quantitative estimate of drug-likeness (QED) is 0.424. The number of anilines is 1. The van der Waals surface area contributed by atoms with Gasteiger partial charge in [0.25, 0.3) is 11.8 Å². The molecule has 0 radical (unpaired) electrons. The minimum atomic E-state index is -0.843. The number of urea groups is 1. The maximum Gasteiger partial charge on any atom is 0.335 e. The van der Waals surface area contributed by atoms with Crippen LogP contribution in [-0.2, 0) is 16.2 Å². The van der Waals surface area contributed by atoms with E-state index >= 15 is 0 Å². The Kier molecular flexibility index (Phi) is 6.24. The van der Waals surface area contributed by atoms with Crippen LogP contribution in [0.5, 0.6) is 5.75 Å². The van der Waals surface area contributed by atoms with Crippen molar-refractivity contribution < 1.29 is 23.5 Å². The second-order valence-electron chi connectivity index (χ2n) is 7.34. The summed E-state index contributed by atoms with van der Waals surface area (Å²) >= 11 is 6.03. The molecule has 0 spiro atoms. The molecule has 166 valence electrons. The minimum Gasteiger partial charge on any atom is -0.489 e. The highest BCUT2D eigenvalue weighted by Gasteiger charge is 2.37. The number of amides is 4. The van der Waals surface area contributed by atoms with Gasteiger partial charge in [0, 0.05) is 10.6 Å². The molecule has 0 unspecified atom stereocenters. The van der Waals surface area contributed by atoms with Gasteiger partial charge < -0.3 is 4.74 Å². The monoisotopic (exact) mass is 464 g/mol. The van der Waals surface area contributed by atoms with Crippen LogP contribution in [-0.4, -0.2) is 17.8 Å². The number of rotatable bonds is 5. The van der Waals surface area contributed by atoms with Gasteiger partial charge in [-0.3, -0.25) is 14.9 Å². The number of benzene rings is 3. The highest BCUT2D eigenvalue weighted by molar-refractivity contribution is 6.39. The van der Waals surface area contributed by atoms with E-state index in [1.165, 1.54) is 18.2 Å². The van der Waals surface area contributed by atoms with Gasteiger partial charge in [-0.15, -0.1) is 0 Å². The Morgan fingerprint density at radius 2 is 1.76 bits per heavy atom. The second kappa shape index (κ2) is 9.26. The largest absolute Gasteiger partial charge is 0.489 e. The van der Waals surface area contributed by atoms with Gasteiger partial charge in [0.2, 0.25) is 0 Å². The summed E-state index contributed by atoms with van der Waals surface area (Å²) in [5.41, 5.74) is 1.71. The summed E-state index contributed by atoms with van der Waals surface area (Å²) in [6, 6.07) is 16.9. The SMILES string of the molecule is Cc1ccc(Cl)cc1N1C(=O)NC(=O)/C(=C\c2ccc(OCc3ccccc3F)cc2)C1=O. The van der Waals surface area contributed by atoms with E-state index in [9.17, 15) is 18.8 Å². The van der Waals surface area contributed by atoms with Crippen LogP contribution >= 0.6 is 11.6 Å². The van der Waals surface area contributed by atoms with Crippen LogP contribution in [0.15, 0.2) is 72.3 Å². The zero-order valence-electron chi connectivity index (χ0n) is 17.5. The average Bonchev–Trinajstić information content (AvgIpc) is 2.79. The number of carbonyl (C=O) groups is 3. The lowest BCUT2D eigenvalue weighted by molar-refractivity contribution is -0.122. The molecular formula is C25H18ClFN2O4. The van der Waals surface area contributed by atoms with Crippen LogP contribution in [0.25, 0.3) is 6.08 Å². The fourth-order valence-electron chi connectivity index (χ4n) is 3.30. The van der Waals surface area contributed by atoms with Gasteiger partial charge in [-0.1, -0.05) is 48.0 Å². The normalized spacial score (nSPS) is 15.1. The number of halogens is 2. The average molecular weight is 465 g/mol. The smallest absolute Gasteiger partial charge is 0.335 e. The van der Waals surface area contributed by atoms with Gasteiger partial charge in [0.05, 0.1) is 5.69 Å². The molecule has 8 heteroatoms. The molecule has 1 heterocycles. The fourth-order valence-corrected chi connectivity index (χ4v) is 3.47. The van der Waals surface area contributed by atoms with E-state index < -0.39 is 17.8 Å². The van der Waals surface area contributed by atoms with E-state index in [2.05, 4.69) is 5.32 Å². The predicted molar refractivity (Wildman–Crippen MR) is 122 cm³/mol.